The molecule has 0 aromatic rings. The number of carbonyl (C=O) groups is 4. The number of rotatable bonds is 8. The van der Waals surface area contributed by atoms with Crippen LogP contribution in [0.15, 0.2) is 0 Å². The third-order valence-corrected chi connectivity index (χ3v) is 3.59. The minimum atomic E-state index is -1.13. The lowest BCUT2D eigenvalue weighted by Crippen LogP contribution is -2.43. The lowest BCUT2D eigenvalue weighted by atomic mass is 9.83. The minimum absolute atomic E-state index is 0.0278. The van der Waals surface area contributed by atoms with Crippen molar-refractivity contribution in [3.8, 4) is 0 Å². The third-order valence-electron chi connectivity index (χ3n) is 3.59. The Labute approximate surface area is 141 Å². The molecule has 0 aromatic carbocycles. The SMILES string of the molecule is CC(C)(C)OC(=O)N[C@@H](CCCCNC(=O)C1CCC1=O)C(=O)O. The van der Waals surface area contributed by atoms with Crippen molar-refractivity contribution in [3.05, 3.63) is 0 Å². The minimum Gasteiger partial charge on any atom is -0.480 e. The van der Waals surface area contributed by atoms with Crippen LogP contribution in [0.5, 0.6) is 0 Å². The van der Waals surface area contributed by atoms with E-state index in [0.717, 1.165) is 0 Å². The van der Waals surface area contributed by atoms with Gasteiger partial charge in [-0.2, -0.15) is 0 Å². The van der Waals surface area contributed by atoms with E-state index in [-0.39, 0.29) is 18.1 Å². The van der Waals surface area contributed by atoms with Gasteiger partial charge in [0.05, 0.1) is 5.92 Å². The number of nitrogens with one attached hydrogen (secondary N) is 2. The predicted molar refractivity (Wildman–Crippen MR) is 85.4 cm³/mol. The first-order valence-corrected chi connectivity index (χ1v) is 8.13. The van der Waals surface area contributed by atoms with Crippen LogP contribution in [0.25, 0.3) is 0 Å². The molecule has 0 bridgehead atoms. The summed E-state index contributed by atoms with van der Waals surface area (Å²) in [5.41, 5.74) is -0.698. The average molecular weight is 342 g/mol. The molecule has 1 rings (SSSR count). The van der Waals surface area contributed by atoms with Crippen molar-refractivity contribution in [2.75, 3.05) is 6.54 Å². The molecule has 1 unspecified atom stereocenters. The van der Waals surface area contributed by atoms with Crippen molar-refractivity contribution in [3.63, 3.8) is 0 Å². The van der Waals surface area contributed by atoms with Crippen molar-refractivity contribution in [2.45, 2.75) is 64.5 Å². The van der Waals surface area contributed by atoms with Crippen LogP contribution in [0, 0.1) is 5.92 Å². The first-order valence-electron chi connectivity index (χ1n) is 8.13. The van der Waals surface area contributed by atoms with Gasteiger partial charge in [-0.1, -0.05) is 0 Å². The summed E-state index contributed by atoms with van der Waals surface area (Å²) in [5.74, 6) is -1.93. The summed E-state index contributed by atoms with van der Waals surface area (Å²) in [6.07, 6.45) is 1.59. The number of hydrogen-bond acceptors (Lipinski definition) is 5. The van der Waals surface area contributed by atoms with E-state index in [2.05, 4.69) is 10.6 Å². The second-order valence-corrected chi connectivity index (χ2v) is 6.88. The van der Waals surface area contributed by atoms with Gasteiger partial charge in [0.2, 0.25) is 5.91 Å². The number of alkyl carbamates (subject to hydrolysis) is 1. The molecule has 1 aliphatic rings. The van der Waals surface area contributed by atoms with E-state index < -0.39 is 29.6 Å². The van der Waals surface area contributed by atoms with Gasteiger partial charge in [-0.05, 0) is 46.5 Å². The van der Waals surface area contributed by atoms with Crippen LogP contribution in [-0.4, -0.2) is 47.0 Å². The Hall–Kier alpha value is -2.12. The molecule has 2 atom stereocenters. The van der Waals surface area contributed by atoms with Gasteiger partial charge < -0.3 is 20.5 Å². The van der Waals surface area contributed by atoms with E-state index in [1.807, 2.05) is 0 Å². The number of carboxylic acids is 1. The number of amides is 2. The Morgan fingerprint density at radius 3 is 2.42 bits per heavy atom. The topological polar surface area (TPSA) is 122 Å². The van der Waals surface area contributed by atoms with Crippen LogP contribution in [0.1, 0.15) is 52.9 Å². The van der Waals surface area contributed by atoms with Crippen LogP contribution >= 0.6 is 0 Å². The summed E-state index contributed by atoms with van der Waals surface area (Å²) in [7, 11) is 0. The van der Waals surface area contributed by atoms with Gasteiger partial charge in [-0.25, -0.2) is 9.59 Å². The molecular weight excluding hydrogens is 316 g/mol. The quantitative estimate of drug-likeness (QED) is 0.450. The first kappa shape index (κ1) is 19.9. The number of carbonyl (C=O) groups excluding carboxylic acids is 3. The second-order valence-electron chi connectivity index (χ2n) is 6.88. The van der Waals surface area contributed by atoms with Crippen LogP contribution in [0.3, 0.4) is 0 Å². The standard InChI is InChI=1S/C16H26N2O6/c1-16(2,3)24-15(23)18-11(14(21)22)6-4-5-9-17-13(20)10-7-8-12(10)19/h10-11H,4-9H2,1-3H3,(H,17,20)(H,18,23)(H,21,22)/t10?,11-/m0/s1. The number of carboxylic acid groups (broad SMARTS) is 1. The number of unbranched alkanes of at least 4 members (excludes halogenated alkanes) is 1. The molecular formula is C16H26N2O6. The van der Waals surface area contributed by atoms with Gasteiger partial charge in [0.25, 0.3) is 0 Å². The fourth-order valence-corrected chi connectivity index (χ4v) is 2.20. The average Bonchev–Trinajstić information content (AvgIpc) is 2.41. The largest absolute Gasteiger partial charge is 0.480 e. The van der Waals surface area contributed by atoms with Crippen molar-refractivity contribution in [2.24, 2.45) is 5.92 Å². The fraction of sp³-hybridized carbons (Fsp3) is 0.750. The molecule has 0 heterocycles. The Morgan fingerprint density at radius 1 is 1.29 bits per heavy atom. The highest BCUT2D eigenvalue weighted by Crippen LogP contribution is 2.22. The summed E-state index contributed by atoms with van der Waals surface area (Å²) >= 11 is 0. The lowest BCUT2D eigenvalue weighted by molar-refractivity contribution is -0.141. The summed E-state index contributed by atoms with van der Waals surface area (Å²) < 4.78 is 5.03. The lowest BCUT2D eigenvalue weighted by Gasteiger charge is -2.23. The third kappa shape index (κ3) is 6.97. The number of Topliss-reactive ketones (excluding diaryl/α,β-unsaturated/α-hetero) is 1. The monoisotopic (exact) mass is 342 g/mol. The summed E-state index contributed by atoms with van der Waals surface area (Å²) in [5, 5.41) is 14.1. The van der Waals surface area contributed by atoms with Crippen LogP contribution in [0.2, 0.25) is 0 Å². The Kier molecular flexibility index (Phi) is 7.18. The van der Waals surface area contributed by atoms with E-state index in [9.17, 15) is 19.2 Å². The number of aliphatic carboxylic acids is 1. The Morgan fingerprint density at radius 2 is 1.96 bits per heavy atom. The molecule has 3 N–H and O–H groups in total. The van der Waals surface area contributed by atoms with Crippen LogP contribution < -0.4 is 10.6 Å². The zero-order valence-corrected chi connectivity index (χ0v) is 14.4. The molecule has 0 saturated heterocycles. The number of hydrogen-bond donors (Lipinski definition) is 3. The van der Waals surface area contributed by atoms with E-state index in [1.54, 1.807) is 20.8 Å². The smallest absolute Gasteiger partial charge is 0.408 e. The van der Waals surface area contributed by atoms with Gasteiger partial charge in [-0.15, -0.1) is 0 Å². The molecule has 1 saturated carbocycles. The highest BCUT2D eigenvalue weighted by atomic mass is 16.6. The van der Waals surface area contributed by atoms with Gasteiger partial charge >= 0.3 is 12.1 Å². The van der Waals surface area contributed by atoms with Crippen molar-refractivity contribution in [1.29, 1.82) is 0 Å². The highest BCUT2D eigenvalue weighted by Gasteiger charge is 2.34. The Bertz CT molecular complexity index is 497. The molecule has 0 spiro atoms. The van der Waals surface area contributed by atoms with E-state index in [4.69, 9.17) is 9.84 Å². The van der Waals surface area contributed by atoms with Crippen LogP contribution in [-0.2, 0) is 19.1 Å². The molecule has 1 fully saturated rings. The highest BCUT2D eigenvalue weighted by molar-refractivity contribution is 6.05. The van der Waals surface area contributed by atoms with Crippen molar-refractivity contribution >= 4 is 23.8 Å². The summed E-state index contributed by atoms with van der Waals surface area (Å²) in [6.45, 7) is 5.45. The molecule has 136 valence electrons. The summed E-state index contributed by atoms with van der Waals surface area (Å²) in [4.78, 5) is 45.5. The molecule has 2 amide bonds. The second kappa shape index (κ2) is 8.65. The zero-order valence-electron chi connectivity index (χ0n) is 14.4. The molecule has 8 heteroatoms. The predicted octanol–water partition coefficient (Wildman–Crippen LogP) is 1.23. The Balaban J connectivity index is 2.24. The maximum absolute atomic E-state index is 11.6. The van der Waals surface area contributed by atoms with Gasteiger partial charge in [-0.3, -0.25) is 9.59 Å². The van der Waals surface area contributed by atoms with Crippen LogP contribution in [0.4, 0.5) is 4.79 Å². The molecule has 8 nitrogen and oxygen atoms in total. The number of ether oxygens (including phenoxy) is 1. The van der Waals surface area contributed by atoms with E-state index >= 15 is 0 Å². The molecule has 0 radical (unpaired) electrons. The van der Waals surface area contributed by atoms with Gasteiger partial charge in [0.15, 0.2) is 0 Å². The van der Waals surface area contributed by atoms with Crippen molar-refractivity contribution < 1.29 is 29.0 Å². The van der Waals surface area contributed by atoms with E-state index in [0.29, 0.717) is 32.2 Å². The molecule has 1 aliphatic carbocycles. The van der Waals surface area contributed by atoms with Gasteiger partial charge in [0, 0.05) is 13.0 Å². The summed E-state index contributed by atoms with van der Waals surface area (Å²) in [6, 6.07) is -1.04. The molecule has 24 heavy (non-hydrogen) atoms. The molecule has 0 aliphatic heterocycles. The maximum Gasteiger partial charge on any atom is 0.408 e. The first-order chi connectivity index (χ1) is 11.1. The fourth-order valence-electron chi connectivity index (χ4n) is 2.20. The van der Waals surface area contributed by atoms with Gasteiger partial charge in [0.1, 0.15) is 17.4 Å². The zero-order chi connectivity index (χ0) is 18.3. The van der Waals surface area contributed by atoms with E-state index in [1.165, 1.54) is 0 Å². The maximum atomic E-state index is 11.6. The number of ketones is 1. The molecule has 0 aromatic heterocycles. The van der Waals surface area contributed by atoms with Crippen molar-refractivity contribution in [1.82, 2.24) is 10.6 Å². The normalized spacial score (nSPS) is 18.3.